The number of benzene rings is 1. The maximum Gasteiger partial charge on any atom is 0.226 e. The van der Waals surface area contributed by atoms with E-state index in [0.717, 1.165) is 24.9 Å². The second-order valence-electron chi connectivity index (χ2n) is 6.71. The van der Waals surface area contributed by atoms with Crippen molar-refractivity contribution in [3.8, 4) is 5.75 Å². The van der Waals surface area contributed by atoms with Crippen molar-refractivity contribution >= 4 is 11.5 Å². The number of nitrogens with zero attached hydrogens (tertiary/aromatic N) is 3. The van der Waals surface area contributed by atoms with Crippen molar-refractivity contribution in [1.82, 2.24) is 14.7 Å². The second-order valence-corrected chi connectivity index (χ2v) is 6.71. The number of carbonyl (C=O) groups is 1. The quantitative estimate of drug-likeness (QED) is 0.944. The third-order valence-electron chi connectivity index (χ3n) is 5.02. The molecule has 0 saturated heterocycles. The smallest absolute Gasteiger partial charge is 0.226 e. The van der Waals surface area contributed by atoms with E-state index in [9.17, 15) is 9.90 Å². The van der Waals surface area contributed by atoms with E-state index in [-0.39, 0.29) is 17.6 Å². The van der Waals surface area contributed by atoms with Crippen LogP contribution in [0.25, 0.3) is 5.57 Å². The average molecular weight is 323 g/mol. The van der Waals surface area contributed by atoms with Crippen LogP contribution in [0.5, 0.6) is 5.75 Å². The maximum atomic E-state index is 12.7. The molecule has 2 atom stereocenters. The van der Waals surface area contributed by atoms with Crippen LogP contribution in [0, 0.1) is 5.92 Å². The number of hydrogen-bond acceptors (Lipinski definition) is 3. The summed E-state index contributed by atoms with van der Waals surface area (Å²) in [5.74, 6) is 1.01. The molecular weight excluding hydrogens is 302 g/mol. The molecule has 24 heavy (non-hydrogen) atoms. The van der Waals surface area contributed by atoms with Gasteiger partial charge < -0.3 is 10.0 Å². The van der Waals surface area contributed by atoms with Gasteiger partial charge in [0, 0.05) is 32.3 Å². The number of rotatable bonds is 3. The van der Waals surface area contributed by atoms with Crippen LogP contribution in [0.2, 0.25) is 0 Å². The summed E-state index contributed by atoms with van der Waals surface area (Å²) in [6.45, 7) is 1.44. The fourth-order valence-electron chi connectivity index (χ4n) is 3.51. The van der Waals surface area contributed by atoms with E-state index in [1.807, 2.05) is 36.5 Å². The van der Waals surface area contributed by atoms with Crippen molar-refractivity contribution in [3.63, 3.8) is 0 Å². The Hall–Kier alpha value is -2.56. The molecule has 1 aromatic heterocycles. The predicted molar refractivity (Wildman–Crippen MR) is 91.3 cm³/mol. The molecule has 1 aliphatic heterocycles. The van der Waals surface area contributed by atoms with Crippen LogP contribution >= 0.6 is 0 Å². The van der Waals surface area contributed by atoms with E-state index < -0.39 is 0 Å². The van der Waals surface area contributed by atoms with Crippen LogP contribution in [-0.4, -0.2) is 38.8 Å². The molecule has 0 radical (unpaired) electrons. The van der Waals surface area contributed by atoms with Crippen LogP contribution in [0.1, 0.15) is 29.9 Å². The number of amides is 1. The van der Waals surface area contributed by atoms with E-state index in [1.54, 1.807) is 16.8 Å². The van der Waals surface area contributed by atoms with Crippen molar-refractivity contribution in [3.05, 3.63) is 53.9 Å². The third kappa shape index (κ3) is 2.82. The molecule has 2 aromatic rings. The number of aromatic hydroxyl groups is 1. The van der Waals surface area contributed by atoms with Gasteiger partial charge in [-0.1, -0.05) is 18.2 Å². The van der Waals surface area contributed by atoms with Crippen LogP contribution in [0.15, 0.2) is 42.7 Å². The van der Waals surface area contributed by atoms with Crippen LogP contribution in [-0.2, 0) is 11.8 Å². The Labute approximate surface area is 141 Å². The first kappa shape index (κ1) is 15.0. The molecule has 1 aromatic carbocycles. The summed E-state index contributed by atoms with van der Waals surface area (Å²) >= 11 is 0. The van der Waals surface area contributed by atoms with Gasteiger partial charge in [0.25, 0.3) is 0 Å². The lowest BCUT2D eigenvalue weighted by Crippen LogP contribution is -2.36. The highest BCUT2D eigenvalue weighted by Gasteiger charge is 2.46. The number of phenols is 1. The lowest BCUT2D eigenvalue weighted by molar-refractivity contribution is -0.132. The summed E-state index contributed by atoms with van der Waals surface area (Å²) in [7, 11) is 1.91. The molecule has 124 valence electrons. The van der Waals surface area contributed by atoms with E-state index in [1.165, 1.54) is 11.1 Å². The monoisotopic (exact) mass is 323 g/mol. The molecule has 5 nitrogen and oxygen atoms in total. The second kappa shape index (κ2) is 5.82. The van der Waals surface area contributed by atoms with Crippen molar-refractivity contribution in [2.75, 3.05) is 13.1 Å². The zero-order valence-corrected chi connectivity index (χ0v) is 13.7. The zero-order valence-electron chi connectivity index (χ0n) is 13.7. The largest absolute Gasteiger partial charge is 0.508 e. The molecule has 2 heterocycles. The number of aromatic nitrogens is 2. The molecule has 0 bridgehead atoms. The highest BCUT2D eigenvalue weighted by Crippen LogP contribution is 2.48. The molecule has 1 aliphatic carbocycles. The Bertz CT molecular complexity index is 791. The minimum atomic E-state index is 0.123. The van der Waals surface area contributed by atoms with Crippen LogP contribution in [0.4, 0.5) is 0 Å². The van der Waals surface area contributed by atoms with Gasteiger partial charge in [0.2, 0.25) is 5.91 Å². The van der Waals surface area contributed by atoms with Gasteiger partial charge in [0.05, 0.1) is 6.20 Å². The van der Waals surface area contributed by atoms with Crippen molar-refractivity contribution in [2.24, 2.45) is 13.0 Å². The van der Waals surface area contributed by atoms with Crippen molar-refractivity contribution in [2.45, 2.75) is 18.8 Å². The summed E-state index contributed by atoms with van der Waals surface area (Å²) in [5, 5.41) is 13.6. The first-order valence-corrected chi connectivity index (χ1v) is 8.37. The third-order valence-corrected chi connectivity index (χ3v) is 5.02. The highest BCUT2D eigenvalue weighted by atomic mass is 16.3. The van der Waals surface area contributed by atoms with Crippen LogP contribution in [0.3, 0.4) is 0 Å². The number of aryl methyl sites for hydroxylation is 1. The molecule has 4 rings (SSSR count). The van der Waals surface area contributed by atoms with Crippen molar-refractivity contribution < 1.29 is 9.90 Å². The summed E-state index contributed by atoms with van der Waals surface area (Å²) in [6, 6.07) is 7.27. The summed E-state index contributed by atoms with van der Waals surface area (Å²) in [6.07, 6.45) is 7.82. The van der Waals surface area contributed by atoms with E-state index in [2.05, 4.69) is 11.2 Å². The standard InChI is InChI=1S/C19H21N3O2/c1-21-12-15(11-20-21)17-10-18(17)19(24)22-8-6-14(7-9-22)13-2-4-16(23)5-3-13/h2-6,11-12,17-18,23H,7-10H2,1H3/t17-,18+/m1/s1. The van der Waals surface area contributed by atoms with E-state index in [4.69, 9.17) is 0 Å². The van der Waals surface area contributed by atoms with Gasteiger partial charge in [-0.25, -0.2) is 0 Å². The minimum absolute atomic E-state index is 0.123. The SMILES string of the molecule is Cn1cc([C@H]2C[C@@H]2C(=O)N2CC=C(c3ccc(O)cc3)CC2)cn1. The highest BCUT2D eigenvalue weighted by molar-refractivity contribution is 5.84. The summed E-state index contributed by atoms with van der Waals surface area (Å²) in [5.41, 5.74) is 3.55. The summed E-state index contributed by atoms with van der Waals surface area (Å²) in [4.78, 5) is 14.6. The molecular formula is C19H21N3O2. The molecule has 1 amide bonds. The maximum absolute atomic E-state index is 12.7. The number of carbonyl (C=O) groups excluding carboxylic acids is 1. The molecule has 1 saturated carbocycles. The van der Waals surface area contributed by atoms with Gasteiger partial charge in [-0.15, -0.1) is 0 Å². The van der Waals surface area contributed by atoms with Gasteiger partial charge in [-0.2, -0.15) is 5.10 Å². The Morgan fingerprint density at radius 1 is 1.29 bits per heavy atom. The molecule has 1 N–H and O–H groups in total. The Morgan fingerprint density at radius 3 is 2.71 bits per heavy atom. The first-order chi connectivity index (χ1) is 11.6. The molecule has 2 aliphatic rings. The number of hydrogen-bond donors (Lipinski definition) is 1. The van der Waals surface area contributed by atoms with Crippen molar-refractivity contribution in [1.29, 1.82) is 0 Å². The molecule has 0 spiro atoms. The van der Waals surface area contributed by atoms with Gasteiger partial charge in [-0.05, 0) is 47.6 Å². The minimum Gasteiger partial charge on any atom is -0.508 e. The van der Waals surface area contributed by atoms with E-state index in [0.29, 0.717) is 12.5 Å². The lowest BCUT2D eigenvalue weighted by Gasteiger charge is -2.27. The Balaban J connectivity index is 1.39. The van der Waals surface area contributed by atoms with Gasteiger partial charge in [0.15, 0.2) is 0 Å². The van der Waals surface area contributed by atoms with Crippen LogP contribution < -0.4 is 0 Å². The normalized spacial score (nSPS) is 23.0. The zero-order chi connectivity index (χ0) is 16.7. The topological polar surface area (TPSA) is 58.4 Å². The fraction of sp³-hybridized carbons (Fsp3) is 0.368. The average Bonchev–Trinajstić information content (AvgIpc) is 3.29. The van der Waals surface area contributed by atoms with Gasteiger partial charge in [-0.3, -0.25) is 9.48 Å². The van der Waals surface area contributed by atoms with Gasteiger partial charge in [0.1, 0.15) is 5.75 Å². The lowest BCUT2D eigenvalue weighted by atomic mass is 9.99. The predicted octanol–water partition coefficient (Wildman–Crippen LogP) is 2.55. The molecule has 0 unspecified atom stereocenters. The van der Waals surface area contributed by atoms with Gasteiger partial charge >= 0.3 is 0 Å². The van der Waals surface area contributed by atoms with E-state index >= 15 is 0 Å². The number of phenolic OH excluding ortho intramolecular Hbond substituents is 1. The Kier molecular flexibility index (Phi) is 3.63. The molecule has 5 heteroatoms. The molecule has 1 fully saturated rings. The first-order valence-electron chi connectivity index (χ1n) is 8.37. The Morgan fingerprint density at radius 2 is 2.08 bits per heavy atom. The summed E-state index contributed by atoms with van der Waals surface area (Å²) < 4.78 is 1.79. The fourth-order valence-corrected chi connectivity index (χ4v) is 3.51.